The highest BCUT2D eigenvalue weighted by atomic mass is 32.1. The van der Waals surface area contributed by atoms with Gasteiger partial charge in [0.05, 0.1) is 10.2 Å². The third-order valence-electron chi connectivity index (χ3n) is 8.64. The Balaban J connectivity index is 1.68. The number of fused-ring (bicyclic) bond motifs is 4. The Kier molecular flexibility index (Phi) is 6.59. The van der Waals surface area contributed by atoms with E-state index in [-0.39, 0.29) is 17.7 Å². The average molecular weight is 577 g/mol. The summed E-state index contributed by atoms with van der Waals surface area (Å²) in [5, 5.41) is 3.66. The van der Waals surface area contributed by atoms with Gasteiger partial charge in [-0.25, -0.2) is 4.98 Å². The summed E-state index contributed by atoms with van der Waals surface area (Å²) in [5.74, 6) is 0. The first-order valence-corrected chi connectivity index (χ1v) is 16.0. The summed E-state index contributed by atoms with van der Waals surface area (Å²) in [6.45, 7) is 13.8. The van der Waals surface area contributed by atoms with Crippen molar-refractivity contribution in [2.75, 3.05) is 0 Å². The van der Waals surface area contributed by atoms with Crippen LogP contribution in [0.25, 0.3) is 42.6 Å². The lowest BCUT2D eigenvalue weighted by molar-refractivity contribution is 0.590. The average Bonchev–Trinajstić information content (AvgIpc) is 3.57. The first-order chi connectivity index (χ1) is 20.6. The number of hydrogen-bond acceptors (Lipinski definition) is 2. The highest BCUT2D eigenvalue weighted by Crippen LogP contribution is 2.43. The molecule has 0 aliphatic rings. The monoisotopic (exact) mass is 576 g/mol. The normalized spacial score (nSPS) is 12.4. The smallest absolute Gasteiger partial charge is 0.328 e. The molecule has 7 aromatic rings. The molecule has 0 N–H and O–H groups in total. The number of para-hydroxylation sites is 1. The molecule has 212 valence electrons. The van der Waals surface area contributed by atoms with Gasteiger partial charge in [0, 0.05) is 27.4 Å². The maximum atomic E-state index is 5.23. The molecule has 0 aliphatic heterocycles. The first-order valence-electron chi connectivity index (χ1n) is 15.2. The van der Waals surface area contributed by atoms with Crippen LogP contribution in [0, 0.1) is 0 Å². The van der Waals surface area contributed by atoms with Crippen LogP contribution in [0.1, 0.15) is 52.7 Å². The molecule has 7 rings (SSSR count). The Morgan fingerprint density at radius 2 is 1.19 bits per heavy atom. The van der Waals surface area contributed by atoms with Crippen molar-refractivity contribution in [3.8, 4) is 10.6 Å². The predicted molar refractivity (Wildman–Crippen MR) is 189 cm³/mol. The van der Waals surface area contributed by atoms with Gasteiger partial charge in [-0.15, -0.1) is 11.3 Å². The molecule has 43 heavy (non-hydrogen) atoms. The van der Waals surface area contributed by atoms with Gasteiger partial charge >= 0.3 is 6.85 Å². The molecular weight excluding hydrogens is 539 g/mol. The van der Waals surface area contributed by atoms with Crippen molar-refractivity contribution in [2.45, 2.75) is 52.4 Å². The SMILES string of the molecule is CC(C)(C)c1ccc2c(c1)c1cc(C(C)(C)C)cc(-c3nc4ccccc4s3)c1n2B(c1ccccc1)c1ccccc1. The quantitative estimate of drug-likeness (QED) is 0.191. The van der Waals surface area contributed by atoms with Crippen LogP contribution in [0.15, 0.2) is 115 Å². The van der Waals surface area contributed by atoms with Crippen LogP contribution >= 0.6 is 11.3 Å². The second kappa shape index (κ2) is 10.2. The molecular formula is C39H37BN2S. The zero-order chi connectivity index (χ0) is 29.9. The van der Waals surface area contributed by atoms with Crippen molar-refractivity contribution in [3.05, 3.63) is 126 Å². The highest BCUT2D eigenvalue weighted by molar-refractivity contribution is 7.21. The zero-order valence-corrected chi connectivity index (χ0v) is 26.7. The van der Waals surface area contributed by atoms with Crippen LogP contribution in [0.5, 0.6) is 0 Å². The van der Waals surface area contributed by atoms with Gasteiger partial charge in [-0.3, -0.25) is 0 Å². The van der Waals surface area contributed by atoms with Gasteiger partial charge < -0.3 is 4.48 Å². The number of thiazole rings is 1. The second-order valence-electron chi connectivity index (χ2n) is 13.7. The summed E-state index contributed by atoms with van der Waals surface area (Å²) in [5.41, 5.74) is 9.96. The number of aromatic nitrogens is 2. The fourth-order valence-corrected chi connectivity index (χ4v) is 7.24. The van der Waals surface area contributed by atoms with E-state index < -0.39 is 0 Å². The second-order valence-corrected chi connectivity index (χ2v) is 14.8. The Labute approximate surface area is 259 Å². The maximum Gasteiger partial charge on any atom is 0.328 e. The van der Waals surface area contributed by atoms with Crippen LogP contribution < -0.4 is 10.9 Å². The number of rotatable bonds is 4. The van der Waals surface area contributed by atoms with Gasteiger partial charge in [-0.1, -0.05) is 131 Å². The molecule has 0 saturated heterocycles. The van der Waals surface area contributed by atoms with Gasteiger partial charge in [-0.05, 0) is 58.4 Å². The summed E-state index contributed by atoms with van der Waals surface area (Å²) < 4.78 is 3.81. The summed E-state index contributed by atoms with van der Waals surface area (Å²) in [7, 11) is 0. The van der Waals surface area contributed by atoms with Crippen LogP contribution in [-0.4, -0.2) is 16.3 Å². The summed E-state index contributed by atoms with van der Waals surface area (Å²) in [6.07, 6.45) is 0. The lowest BCUT2D eigenvalue weighted by atomic mass is 9.50. The largest absolute Gasteiger partial charge is 0.375 e. The van der Waals surface area contributed by atoms with Gasteiger partial charge in [0.2, 0.25) is 0 Å². The highest BCUT2D eigenvalue weighted by Gasteiger charge is 2.30. The van der Waals surface area contributed by atoms with E-state index in [4.69, 9.17) is 4.98 Å². The molecule has 0 bridgehead atoms. The summed E-state index contributed by atoms with van der Waals surface area (Å²) >= 11 is 1.79. The van der Waals surface area contributed by atoms with Gasteiger partial charge in [0.15, 0.2) is 0 Å². The minimum Gasteiger partial charge on any atom is -0.375 e. The van der Waals surface area contributed by atoms with Gasteiger partial charge in [0.1, 0.15) is 5.01 Å². The van der Waals surface area contributed by atoms with Crippen LogP contribution in [0.4, 0.5) is 0 Å². The summed E-state index contributed by atoms with van der Waals surface area (Å²) in [6, 6.07) is 42.4. The minimum atomic E-state index is -0.0199. The van der Waals surface area contributed by atoms with Crippen molar-refractivity contribution in [2.24, 2.45) is 0 Å². The van der Waals surface area contributed by atoms with Gasteiger partial charge in [0.25, 0.3) is 0 Å². The molecule has 5 aromatic carbocycles. The molecule has 0 aliphatic carbocycles. The molecule has 2 nitrogen and oxygen atoms in total. The number of nitrogens with zero attached hydrogens (tertiary/aromatic N) is 2. The maximum absolute atomic E-state index is 5.23. The lowest BCUT2D eigenvalue weighted by Crippen LogP contribution is -2.48. The fourth-order valence-electron chi connectivity index (χ4n) is 6.26. The van der Waals surface area contributed by atoms with Crippen molar-refractivity contribution in [1.29, 1.82) is 0 Å². The predicted octanol–water partition coefficient (Wildman–Crippen LogP) is 9.32. The number of hydrogen-bond donors (Lipinski definition) is 0. The van der Waals surface area contributed by atoms with E-state index in [9.17, 15) is 0 Å². The molecule has 0 saturated carbocycles. The Bertz CT molecular complexity index is 2020. The lowest BCUT2D eigenvalue weighted by Gasteiger charge is -2.23. The molecule has 0 atom stereocenters. The van der Waals surface area contributed by atoms with E-state index in [1.54, 1.807) is 11.3 Å². The molecule has 0 spiro atoms. The first kappa shape index (κ1) is 27.7. The van der Waals surface area contributed by atoms with Crippen molar-refractivity contribution in [1.82, 2.24) is 9.46 Å². The Morgan fingerprint density at radius 1 is 0.605 bits per heavy atom. The van der Waals surface area contributed by atoms with E-state index in [1.165, 1.54) is 54.1 Å². The fraction of sp³-hybridized carbons (Fsp3) is 0.205. The standard InChI is InChI=1S/C39H37BN2S/c1-38(2,3)26-21-22-34-30(23-26)31-24-27(39(4,5)6)25-32(37-41-33-19-13-14-20-35(33)43-37)36(31)42(34)40(28-15-9-7-10-16-28)29-17-11-8-12-18-29/h7-25H,1-6H3. The topological polar surface area (TPSA) is 17.8 Å². The zero-order valence-electron chi connectivity index (χ0n) is 25.8. The molecule has 4 heteroatoms. The van der Waals surface area contributed by atoms with Crippen LogP contribution in [-0.2, 0) is 10.8 Å². The van der Waals surface area contributed by atoms with E-state index >= 15 is 0 Å². The Hall–Kier alpha value is -4.15. The van der Waals surface area contributed by atoms with Gasteiger partial charge in [-0.2, -0.15) is 0 Å². The van der Waals surface area contributed by atoms with Crippen molar-refractivity contribution in [3.63, 3.8) is 0 Å². The third kappa shape index (κ3) is 4.88. The van der Waals surface area contributed by atoms with E-state index in [0.717, 1.165) is 10.5 Å². The molecule has 0 amide bonds. The number of benzene rings is 5. The van der Waals surface area contributed by atoms with Crippen molar-refractivity contribution >= 4 is 61.1 Å². The van der Waals surface area contributed by atoms with Crippen molar-refractivity contribution < 1.29 is 0 Å². The van der Waals surface area contributed by atoms with Crippen LogP contribution in [0.2, 0.25) is 0 Å². The molecule has 0 unspecified atom stereocenters. The molecule has 2 aromatic heterocycles. The Morgan fingerprint density at radius 3 is 1.79 bits per heavy atom. The minimum absolute atomic E-state index is 0.00324. The summed E-state index contributed by atoms with van der Waals surface area (Å²) in [4.78, 5) is 5.23. The molecule has 0 fully saturated rings. The van der Waals surface area contributed by atoms with E-state index in [0.29, 0.717) is 0 Å². The van der Waals surface area contributed by atoms with Crippen LogP contribution in [0.3, 0.4) is 0 Å². The van der Waals surface area contributed by atoms with E-state index in [2.05, 4.69) is 161 Å². The molecule has 0 radical (unpaired) electrons. The third-order valence-corrected chi connectivity index (χ3v) is 9.71. The van der Waals surface area contributed by atoms with E-state index in [1.807, 2.05) is 0 Å². The molecule has 2 heterocycles.